The summed E-state index contributed by atoms with van der Waals surface area (Å²) in [5.41, 5.74) is 3.59. The molecule has 4 aliphatic rings. The first-order valence-corrected chi connectivity index (χ1v) is 9.52. The highest BCUT2D eigenvalue weighted by molar-refractivity contribution is 6.20. The molecule has 0 radical (unpaired) electrons. The van der Waals surface area contributed by atoms with Gasteiger partial charge in [0.15, 0.2) is 0 Å². The highest BCUT2D eigenvalue weighted by Crippen LogP contribution is 2.20. The fourth-order valence-electron chi connectivity index (χ4n) is 3.68. The third kappa shape index (κ3) is 3.10. The van der Waals surface area contributed by atoms with Gasteiger partial charge in [-0.3, -0.25) is 0 Å². The van der Waals surface area contributed by atoms with E-state index in [9.17, 15) is 0 Å². The second kappa shape index (κ2) is 6.24. The van der Waals surface area contributed by atoms with Crippen molar-refractivity contribution in [3.05, 3.63) is 93.8 Å². The molecule has 2 N–H and O–H groups in total. The Morgan fingerprint density at radius 1 is 0.621 bits per heavy atom. The van der Waals surface area contributed by atoms with E-state index in [1.807, 2.05) is 36.5 Å². The standard InChI is InChI=1S/C23H18N6/c1-3-20-13-28-9-10-29(15-28)14-21-4-2-17(25-21)12-19-6-8-23(27-19)22-7-5-18(26-22)11-16(1)24-20/h1-14,24-25H,15H2. The summed E-state index contributed by atoms with van der Waals surface area (Å²) in [6.45, 7) is 0.762. The molecule has 0 fully saturated rings. The van der Waals surface area contributed by atoms with Gasteiger partial charge in [0.25, 0.3) is 0 Å². The molecule has 29 heavy (non-hydrogen) atoms. The lowest BCUT2D eigenvalue weighted by Crippen LogP contribution is -2.23. The van der Waals surface area contributed by atoms with Gasteiger partial charge < -0.3 is 19.8 Å². The maximum Gasteiger partial charge on any atom is 0.0979 e. The number of aliphatic imine (C=N–C) groups is 2. The molecule has 2 aromatic rings. The van der Waals surface area contributed by atoms with Crippen LogP contribution in [0.25, 0.3) is 24.6 Å². The van der Waals surface area contributed by atoms with Gasteiger partial charge in [0, 0.05) is 35.5 Å². The predicted octanol–water partition coefficient (Wildman–Crippen LogP) is 0.373. The van der Waals surface area contributed by atoms with Gasteiger partial charge in [-0.15, -0.1) is 0 Å². The van der Waals surface area contributed by atoms with Crippen LogP contribution in [-0.4, -0.2) is 37.9 Å². The zero-order valence-electron chi connectivity index (χ0n) is 15.6. The minimum Gasteiger partial charge on any atom is -0.354 e. The Kier molecular flexibility index (Phi) is 3.43. The van der Waals surface area contributed by atoms with E-state index < -0.39 is 0 Å². The topological polar surface area (TPSA) is 62.8 Å². The SMILES string of the molecule is C1=CC2=C3C=CC(=N3)C=c3ccc([nH]3)=CN3C=CN(C=c4ccc([nH]4)=CC1=N2)C3. The Bertz CT molecular complexity index is 1330. The average molecular weight is 378 g/mol. The number of aromatic amines is 2. The Morgan fingerprint density at radius 3 is 1.62 bits per heavy atom. The molecule has 6 heteroatoms. The number of H-pyrrole nitrogens is 2. The molecule has 0 saturated carbocycles. The number of rotatable bonds is 0. The third-order valence-electron chi connectivity index (χ3n) is 5.04. The molecule has 0 atom stereocenters. The number of nitrogens with one attached hydrogen (secondary N) is 2. The van der Waals surface area contributed by atoms with Crippen molar-refractivity contribution in [2.75, 3.05) is 6.67 Å². The van der Waals surface area contributed by atoms with E-state index in [-0.39, 0.29) is 0 Å². The van der Waals surface area contributed by atoms with Crippen LogP contribution < -0.4 is 21.4 Å². The number of nitrogens with zero attached hydrogens (tertiary/aromatic N) is 4. The highest BCUT2D eigenvalue weighted by atomic mass is 15.3. The van der Waals surface area contributed by atoms with Crippen LogP contribution in [0.3, 0.4) is 0 Å². The van der Waals surface area contributed by atoms with Gasteiger partial charge in [0.05, 0.1) is 40.2 Å². The number of hydrogen-bond donors (Lipinski definition) is 2. The Hall–Kier alpha value is -4.06. The number of allylic oxidation sites excluding steroid dienone is 4. The summed E-state index contributed by atoms with van der Waals surface area (Å²) < 4.78 is 0. The lowest BCUT2D eigenvalue weighted by molar-refractivity contribution is 0.436. The quantitative estimate of drug-likeness (QED) is 0.696. The maximum atomic E-state index is 4.72. The molecular formula is C23H18N6. The minimum absolute atomic E-state index is 0.762. The van der Waals surface area contributed by atoms with Crippen molar-refractivity contribution in [1.29, 1.82) is 0 Å². The van der Waals surface area contributed by atoms with E-state index in [0.717, 1.165) is 50.9 Å². The molecule has 6 heterocycles. The number of hydrogen-bond acceptors (Lipinski definition) is 4. The summed E-state index contributed by atoms with van der Waals surface area (Å²) in [4.78, 5) is 20.6. The molecule has 2 aromatic heterocycles. The molecular weight excluding hydrogens is 360 g/mol. The van der Waals surface area contributed by atoms with E-state index in [0.29, 0.717) is 0 Å². The molecule has 0 aromatic carbocycles. The fraction of sp³-hybridized carbons (Fsp3) is 0.0435. The molecule has 0 aliphatic carbocycles. The number of fused-ring (bicyclic) bond motifs is 8. The Morgan fingerprint density at radius 2 is 1.10 bits per heavy atom. The first kappa shape index (κ1) is 15.9. The van der Waals surface area contributed by atoms with Crippen LogP contribution in [0.2, 0.25) is 0 Å². The fourth-order valence-corrected chi connectivity index (χ4v) is 3.68. The largest absolute Gasteiger partial charge is 0.354 e. The van der Waals surface area contributed by atoms with E-state index in [1.54, 1.807) is 0 Å². The molecule has 6 nitrogen and oxygen atoms in total. The number of aromatic nitrogens is 2. The summed E-state index contributed by atoms with van der Waals surface area (Å²) in [6, 6.07) is 8.28. The Balaban J connectivity index is 1.51. The zero-order chi connectivity index (χ0) is 19.2. The molecule has 10 bridgehead atoms. The third-order valence-corrected chi connectivity index (χ3v) is 5.04. The smallest absolute Gasteiger partial charge is 0.0979 e. The van der Waals surface area contributed by atoms with Crippen LogP contribution in [-0.2, 0) is 0 Å². The van der Waals surface area contributed by atoms with Gasteiger partial charge in [-0.05, 0) is 60.7 Å². The molecule has 140 valence electrons. The van der Waals surface area contributed by atoms with Gasteiger partial charge >= 0.3 is 0 Å². The summed E-state index contributed by atoms with van der Waals surface area (Å²) in [7, 11) is 0. The first-order valence-electron chi connectivity index (χ1n) is 9.52. The van der Waals surface area contributed by atoms with Crippen molar-refractivity contribution in [2.24, 2.45) is 9.98 Å². The van der Waals surface area contributed by atoms with Crippen molar-refractivity contribution < 1.29 is 0 Å². The van der Waals surface area contributed by atoms with Crippen molar-refractivity contribution in [3.63, 3.8) is 0 Å². The first-order chi connectivity index (χ1) is 14.3. The molecule has 6 rings (SSSR count). The van der Waals surface area contributed by atoms with E-state index in [4.69, 9.17) is 9.98 Å². The van der Waals surface area contributed by atoms with E-state index in [2.05, 4.69) is 68.8 Å². The van der Waals surface area contributed by atoms with Crippen LogP contribution in [0.1, 0.15) is 0 Å². The predicted molar refractivity (Wildman–Crippen MR) is 116 cm³/mol. The summed E-state index contributed by atoms with van der Waals surface area (Å²) in [6.07, 6.45) is 20.5. The van der Waals surface area contributed by atoms with Crippen molar-refractivity contribution in [3.8, 4) is 0 Å². The normalized spacial score (nSPS) is 19.0. The van der Waals surface area contributed by atoms with Crippen molar-refractivity contribution >= 4 is 36.0 Å². The van der Waals surface area contributed by atoms with Gasteiger partial charge in [0.2, 0.25) is 0 Å². The van der Waals surface area contributed by atoms with Crippen molar-refractivity contribution in [1.82, 2.24) is 19.8 Å². The van der Waals surface area contributed by atoms with Crippen LogP contribution >= 0.6 is 0 Å². The molecule has 4 aliphatic heterocycles. The average Bonchev–Trinajstić information content (AvgIpc) is 3.50. The maximum absolute atomic E-state index is 4.72. The van der Waals surface area contributed by atoms with Crippen LogP contribution in [0, 0.1) is 0 Å². The second-order valence-corrected chi connectivity index (χ2v) is 7.26. The lowest BCUT2D eigenvalue weighted by atomic mass is 10.3. The van der Waals surface area contributed by atoms with Gasteiger partial charge in [-0.1, -0.05) is 0 Å². The van der Waals surface area contributed by atoms with Crippen molar-refractivity contribution in [2.45, 2.75) is 0 Å². The lowest BCUT2D eigenvalue weighted by Gasteiger charge is -2.13. The summed E-state index contributed by atoms with van der Waals surface area (Å²) >= 11 is 0. The van der Waals surface area contributed by atoms with Gasteiger partial charge in [-0.2, -0.15) is 0 Å². The summed E-state index contributed by atoms with van der Waals surface area (Å²) in [5.74, 6) is 0. The molecule has 0 spiro atoms. The molecule has 0 amide bonds. The van der Waals surface area contributed by atoms with Gasteiger partial charge in [-0.25, -0.2) is 9.98 Å². The second-order valence-electron chi connectivity index (χ2n) is 7.26. The monoisotopic (exact) mass is 378 g/mol. The molecule has 0 unspecified atom stereocenters. The summed E-state index contributed by atoms with van der Waals surface area (Å²) in [5, 5.41) is 4.14. The van der Waals surface area contributed by atoms with E-state index >= 15 is 0 Å². The van der Waals surface area contributed by atoms with Crippen LogP contribution in [0.15, 0.2) is 82.3 Å². The van der Waals surface area contributed by atoms with Gasteiger partial charge in [0.1, 0.15) is 0 Å². The molecule has 0 saturated heterocycles. The van der Waals surface area contributed by atoms with E-state index in [1.165, 1.54) is 0 Å². The van der Waals surface area contributed by atoms with Crippen LogP contribution in [0.4, 0.5) is 0 Å². The zero-order valence-corrected chi connectivity index (χ0v) is 15.6. The van der Waals surface area contributed by atoms with Crippen LogP contribution in [0.5, 0.6) is 0 Å². The Labute approximate surface area is 166 Å². The minimum atomic E-state index is 0.762. The highest BCUT2D eigenvalue weighted by Gasteiger charge is 2.11.